The number of carbonyl (C=O) groups is 1. The first-order chi connectivity index (χ1) is 15.6. The largest absolute Gasteiger partial charge is 0.470 e. The Hall–Kier alpha value is -3.27. The Labute approximate surface area is 193 Å². The lowest BCUT2D eigenvalue weighted by molar-refractivity contribution is 0.0274. The first-order valence-electron chi connectivity index (χ1n) is 10.3. The fraction of sp³-hybridized carbons (Fsp3) is 0.364. The van der Waals surface area contributed by atoms with Crippen molar-refractivity contribution >= 4 is 40.2 Å². The van der Waals surface area contributed by atoms with Gasteiger partial charge in [0.1, 0.15) is 23.5 Å². The molecule has 0 spiro atoms. The Kier molecular flexibility index (Phi) is 6.20. The zero-order valence-electron chi connectivity index (χ0n) is 18.2. The molecule has 0 radical (unpaired) electrons. The van der Waals surface area contributed by atoms with E-state index in [9.17, 15) is 13.6 Å². The predicted octanol–water partition coefficient (Wildman–Crippen LogP) is 5.09. The van der Waals surface area contributed by atoms with Crippen LogP contribution in [0.3, 0.4) is 0 Å². The van der Waals surface area contributed by atoms with Gasteiger partial charge in [-0.15, -0.1) is 0 Å². The van der Waals surface area contributed by atoms with Crippen LogP contribution in [-0.4, -0.2) is 50.7 Å². The molecular weight excluding hydrogens is 456 g/mol. The van der Waals surface area contributed by atoms with E-state index in [1.165, 1.54) is 29.4 Å². The standard InChI is InChI=1S/C22H22ClF2N5O3/c1-22(2,3)33-21(31)30-8-7-12(10-30)32-20-14(24)9-16-18(29-20)19(27-11-26-16)28-15-6-4-5-13(23)17(15)25/h4-6,9,11-12H,7-8,10H2,1-3H3,(H,26,27,28)/t12-/m0/s1. The van der Waals surface area contributed by atoms with Crippen LogP contribution in [0.4, 0.5) is 25.1 Å². The van der Waals surface area contributed by atoms with Crippen LogP contribution in [0.5, 0.6) is 5.88 Å². The number of carbonyl (C=O) groups excluding carboxylic acids is 1. The van der Waals surface area contributed by atoms with Crippen LogP contribution < -0.4 is 10.1 Å². The lowest BCUT2D eigenvalue weighted by Crippen LogP contribution is -2.36. The highest BCUT2D eigenvalue weighted by Crippen LogP contribution is 2.30. The highest BCUT2D eigenvalue weighted by atomic mass is 35.5. The highest BCUT2D eigenvalue weighted by Gasteiger charge is 2.31. The maximum Gasteiger partial charge on any atom is 0.410 e. The van der Waals surface area contributed by atoms with E-state index in [0.29, 0.717) is 13.0 Å². The van der Waals surface area contributed by atoms with Crippen molar-refractivity contribution in [2.45, 2.75) is 38.9 Å². The third-order valence-electron chi connectivity index (χ3n) is 4.81. The van der Waals surface area contributed by atoms with Crippen LogP contribution in [0.25, 0.3) is 11.0 Å². The van der Waals surface area contributed by atoms with Crippen LogP contribution in [0.15, 0.2) is 30.6 Å². The molecule has 1 atom stereocenters. The minimum atomic E-state index is -0.711. The van der Waals surface area contributed by atoms with Crippen molar-refractivity contribution < 1.29 is 23.0 Å². The molecule has 1 aliphatic rings. The average Bonchev–Trinajstić information content (AvgIpc) is 3.20. The molecule has 2 aromatic heterocycles. The minimum absolute atomic E-state index is 0.0582. The predicted molar refractivity (Wildman–Crippen MR) is 119 cm³/mol. The van der Waals surface area contributed by atoms with Crippen LogP contribution in [0.1, 0.15) is 27.2 Å². The van der Waals surface area contributed by atoms with E-state index in [4.69, 9.17) is 21.1 Å². The summed E-state index contributed by atoms with van der Waals surface area (Å²) < 4.78 is 40.1. The molecule has 0 bridgehead atoms. The molecule has 3 heterocycles. The maximum atomic E-state index is 14.7. The number of benzene rings is 1. The SMILES string of the molecule is CC(C)(C)OC(=O)N1CC[C@H](Oc2nc3c(Nc4cccc(Cl)c4F)ncnc3cc2F)C1. The normalized spacial score (nSPS) is 16.2. The Morgan fingerprint density at radius 1 is 1.27 bits per heavy atom. The second-order valence-corrected chi connectivity index (χ2v) is 8.95. The number of nitrogens with one attached hydrogen (secondary N) is 1. The second kappa shape index (κ2) is 8.93. The topological polar surface area (TPSA) is 89.5 Å². The lowest BCUT2D eigenvalue weighted by Gasteiger charge is -2.24. The first kappa shape index (κ1) is 22.9. The smallest absolute Gasteiger partial charge is 0.410 e. The number of ether oxygens (including phenoxy) is 2. The van der Waals surface area contributed by atoms with Crippen molar-refractivity contribution in [1.29, 1.82) is 0 Å². The van der Waals surface area contributed by atoms with Gasteiger partial charge in [0, 0.05) is 19.0 Å². The molecule has 0 saturated carbocycles. The van der Waals surface area contributed by atoms with Crippen LogP contribution >= 0.6 is 11.6 Å². The summed E-state index contributed by atoms with van der Waals surface area (Å²) in [4.78, 5) is 26.1. The third kappa shape index (κ3) is 5.22. The van der Waals surface area contributed by atoms with Gasteiger partial charge < -0.3 is 19.7 Å². The van der Waals surface area contributed by atoms with E-state index in [0.717, 1.165) is 0 Å². The first-order valence-corrected chi connectivity index (χ1v) is 10.7. The van der Waals surface area contributed by atoms with Crippen LogP contribution in [0, 0.1) is 11.6 Å². The Bertz CT molecular complexity index is 1200. The van der Waals surface area contributed by atoms with Gasteiger partial charge in [-0.1, -0.05) is 17.7 Å². The van der Waals surface area contributed by atoms with E-state index in [2.05, 4.69) is 20.3 Å². The fourth-order valence-corrected chi connectivity index (χ4v) is 3.50. The Balaban J connectivity index is 1.56. The van der Waals surface area contributed by atoms with Gasteiger partial charge in [0.2, 0.25) is 0 Å². The molecule has 1 amide bonds. The minimum Gasteiger partial charge on any atom is -0.470 e. The molecule has 33 heavy (non-hydrogen) atoms. The molecule has 0 unspecified atom stereocenters. The lowest BCUT2D eigenvalue weighted by atomic mass is 10.2. The molecule has 8 nitrogen and oxygen atoms in total. The van der Waals surface area contributed by atoms with Gasteiger partial charge in [0.15, 0.2) is 17.5 Å². The van der Waals surface area contributed by atoms with Crippen molar-refractivity contribution in [2.24, 2.45) is 0 Å². The van der Waals surface area contributed by atoms with E-state index in [-0.39, 0.29) is 40.0 Å². The number of amides is 1. The van der Waals surface area contributed by atoms with Crippen LogP contribution in [-0.2, 0) is 4.74 Å². The molecule has 1 aliphatic heterocycles. The molecule has 1 fully saturated rings. The summed E-state index contributed by atoms with van der Waals surface area (Å²) >= 11 is 5.84. The number of aromatic nitrogens is 3. The summed E-state index contributed by atoms with van der Waals surface area (Å²) in [5, 5.41) is 2.76. The number of rotatable bonds is 4. The van der Waals surface area contributed by atoms with E-state index < -0.39 is 29.4 Å². The van der Waals surface area contributed by atoms with Gasteiger partial charge in [-0.05, 0) is 32.9 Å². The van der Waals surface area contributed by atoms with Crippen molar-refractivity contribution in [1.82, 2.24) is 19.9 Å². The number of pyridine rings is 1. The van der Waals surface area contributed by atoms with Crippen LogP contribution in [0.2, 0.25) is 5.02 Å². The molecule has 1 aromatic carbocycles. The average molecular weight is 478 g/mol. The van der Waals surface area contributed by atoms with E-state index in [1.54, 1.807) is 26.8 Å². The van der Waals surface area contributed by atoms with Crippen molar-refractivity contribution in [3.8, 4) is 5.88 Å². The summed E-state index contributed by atoms with van der Waals surface area (Å²) in [7, 11) is 0. The van der Waals surface area contributed by atoms with Crippen molar-refractivity contribution in [3.63, 3.8) is 0 Å². The Morgan fingerprint density at radius 3 is 2.82 bits per heavy atom. The summed E-state index contributed by atoms with van der Waals surface area (Å²) in [6, 6.07) is 5.65. The molecular formula is C22H22ClF2N5O3. The molecule has 174 valence electrons. The van der Waals surface area contributed by atoms with E-state index >= 15 is 0 Å². The zero-order chi connectivity index (χ0) is 23.8. The van der Waals surface area contributed by atoms with E-state index in [1.807, 2.05) is 0 Å². The third-order valence-corrected chi connectivity index (χ3v) is 5.10. The summed E-state index contributed by atoms with van der Waals surface area (Å²) in [5.74, 6) is -1.47. The molecule has 1 N–H and O–H groups in total. The maximum absolute atomic E-state index is 14.7. The summed E-state index contributed by atoms with van der Waals surface area (Å²) in [6.45, 7) is 6.00. The second-order valence-electron chi connectivity index (χ2n) is 8.55. The number of hydrogen-bond donors (Lipinski definition) is 1. The highest BCUT2D eigenvalue weighted by molar-refractivity contribution is 6.31. The summed E-state index contributed by atoms with van der Waals surface area (Å²) in [6.07, 6.45) is 0.778. The summed E-state index contributed by atoms with van der Waals surface area (Å²) in [5.41, 5.74) is -0.134. The number of fused-ring (bicyclic) bond motifs is 1. The van der Waals surface area contributed by atoms with Gasteiger partial charge in [-0.2, -0.15) is 0 Å². The van der Waals surface area contributed by atoms with Gasteiger partial charge in [0.25, 0.3) is 5.88 Å². The molecule has 11 heteroatoms. The number of likely N-dealkylation sites (tertiary alicyclic amines) is 1. The molecule has 3 aromatic rings. The van der Waals surface area contributed by atoms with Gasteiger partial charge in [-0.25, -0.2) is 28.5 Å². The monoisotopic (exact) mass is 477 g/mol. The number of anilines is 2. The molecule has 4 rings (SSSR count). The number of halogens is 3. The van der Waals surface area contributed by atoms with Gasteiger partial charge in [-0.3, -0.25) is 0 Å². The fourth-order valence-electron chi connectivity index (χ4n) is 3.32. The zero-order valence-corrected chi connectivity index (χ0v) is 19.0. The molecule has 0 aliphatic carbocycles. The van der Waals surface area contributed by atoms with Gasteiger partial charge in [0.05, 0.1) is 22.8 Å². The molecule has 1 saturated heterocycles. The van der Waals surface area contributed by atoms with Gasteiger partial charge >= 0.3 is 6.09 Å². The van der Waals surface area contributed by atoms with Crippen molar-refractivity contribution in [2.75, 3.05) is 18.4 Å². The number of hydrogen-bond acceptors (Lipinski definition) is 7. The Morgan fingerprint density at radius 2 is 2.06 bits per heavy atom. The quantitative estimate of drug-likeness (QED) is 0.560. The number of nitrogens with zero attached hydrogens (tertiary/aromatic N) is 4. The van der Waals surface area contributed by atoms with Crippen molar-refractivity contribution in [3.05, 3.63) is 47.2 Å².